The van der Waals surface area contributed by atoms with Gasteiger partial charge in [0, 0.05) is 152 Å². The molecular formula is C50H67ClN11O4SU-. The normalized spacial score (nSPS) is 17.5. The van der Waals surface area contributed by atoms with Gasteiger partial charge in [0.15, 0.2) is 5.82 Å². The number of carbonyl (C=O) groups is 3. The van der Waals surface area contributed by atoms with Crippen molar-refractivity contribution in [2.24, 2.45) is 5.73 Å². The van der Waals surface area contributed by atoms with Gasteiger partial charge in [0.25, 0.3) is 0 Å². The Bertz CT molecular complexity index is 2350. The van der Waals surface area contributed by atoms with Crippen molar-refractivity contribution in [3.63, 3.8) is 0 Å². The number of benzene rings is 3. The molecule has 0 aliphatic carbocycles. The molecule has 18 heteroatoms. The van der Waals surface area contributed by atoms with Crippen molar-refractivity contribution in [1.82, 2.24) is 34.5 Å². The number of hydrogen-bond donors (Lipinski definition) is 4. The van der Waals surface area contributed by atoms with E-state index in [0.717, 1.165) is 121 Å². The average Bonchev–Trinajstić information content (AvgIpc) is 3.75. The fraction of sp³-hybridized carbons (Fsp3) is 0.500. The SMILES string of the molecule is CC1(N)CCN(c2cnc(Sc3cccc(NC=O)c3Cl)c(N)n2)CC1.CCCC(=O)N1CCN(CCN2CCN(Cc3ccc4c(c3)CN(C(=O)c3cc(C(C)C)[c-]cc3O)C4)CC2)CC1.[U]. The maximum absolute atomic E-state index is 13.3. The number of phenols is 1. The Morgan fingerprint density at radius 2 is 1.60 bits per heavy atom. The summed E-state index contributed by atoms with van der Waals surface area (Å²) >= 11 is 7.63. The number of aromatic hydroxyl groups is 1. The standard InChI is InChI=1S/C33H46N5O3.C17H21ClN6OS.U/c1-4-5-32(40)37-18-16-35(17-19-37)11-10-34-12-14-36(15-13-34)22-26-6-7-28-23-38(24-29(28)20-26)33(41)30-21-27(25(2)3)8-9-31(30)39;1-17(20)5-7-24(8-6-17)13-9-21-16(15(19)23-13)26-12-4-2-3-11(14(12)18)22-10-25;/h6-7,9,20-21,25,39H,4-5,10-19,22-24H2,1-3H3;2-4,9-10H,5-8,20H2,1H3,(H2,19,23)(H,22,25);/q-1;;. The first kappa shape index (κ1) is 53.4. The minimum absolute atomic E-state index is 0. The number of rotatable bonds is 14. The van der Waals surface area contributed by atoms with E-state index in [1.54, 1.807) is 24.4 Å². The number of phenolic OH excluding ortho intramolecular Hbond substituents is 1. The maximum atomic E-state index is 13.3. The van der Waals surface area contributed by atoms with Crippen molar-refractivity contribution in [3.05, 3.63) is 93.6 Å². The largest absolute Gasteiger partial charge is 0.565 e. The zero-order valence-corrected chi connectivity index (χ0v) is 45.7. The Morgan fingerprint density at radius 3 is 2.25 bits per heavy atom. The fourth-order valence-corrected chi connectivity index (χ4v) is 10.0. The van der Waals surface area contributed by atoms with Crippen LogP contribution < -0.4 is 21.7 Å². The van der Waals surface area contributed by atoms with E-state index in [1.165, 1.54) is 34.5 Å². The number of amides is 3. The van der Waals surface area contributed by atoms with Crippen LogP contribution in [-0.2, 0) is 29.2 Å². The van der Waals surface area contributed by atoms with E-state index in [4.69, 9.17) is 23.1 Å². The number of fused-ring (bicyclic) bond motifs is 1. The van der Waals surface area contributed by atoms with Gasteiger partial charge in [-0.2, -0.15) is 17.7 Å². The van der Waals surface area contributed by atoms with Crippen molar-refractivity contribution in [2.75, 3.05) is 94.5 Å². The number of anilines is 3. The maximum Gasteiger partial charge on any atom is 0.233 e. The van der Waals surface area contributed by atoms with Crippen LogP contribution in [0.3, 0.4) is 0 Å². The number of nitrogens with one attached hydrogen (secondary N) is 1. The van der Waals surface area contributed by atoms with E-state index in [-0.39, 0.29) is 54.2 Å². The summed E-state index contributed by atoms with van der Waals surface area (Å²) in [6, 6.07) is 18.4. The zero-order chi connectivity index (χ0) is 47.7. The van der Waals surface area contributed by atoms with E-state index in [1.807, 2.05) is 15.9 Å². The number of carbonyl (C=O) groups excluding carboxylic acids is 3. The summed E-state index contributed by atoms with van der Waals surface area (Å²) < 4.78 is 0. The third kappa shape index (κ3) is 14.1. The molecule has 3 fully saturated rings. The number of nitrogens with zero attached hydrogens (tertiary/aromatic N) is 8. The summed E-state index contributed by atoms with van der Waals surface area (Å²) in [5.41, 5.74) is 17.7. The van der Waals surface area contributed by atoms with Crippen molar-refractivity contribution in [2.45, 2.75) is 94.4 Å². The topological polar surface area (TPSA) is 181 Å². The summed E-state index contributed by atoms with van der Waals surface area (Å²) in [7, 11) is 0. The van der Waals surface area contributed by atoms with Gasteiger partial charge in [0.2, 0.25) is 18.2 Å². The van der Waals surface area contributed by atoms with Gasteiger partial charge >= 0.3 is 0 Å². The first-order valence-corrected chi connectivity index (χ1v) is 24.8. The van der Waals surface area contributed by atoms with E-state index in [0.29, 0.717) is 58.9 Å². The molecule has 364 valence electrons. The van der Waals surface area contributed by atoms with Crippen molar-refractivity contribution >= 4 is 58.9 Å². The van der Waals surface area contributed by atoms with Gasteiger partial charge in [0.05, 0.1) is 16.9 Å². The van der Waals surface area contributed by atoms with Crippen LogP contribution in [0.5, 0.6) is 5.75 Å². The first-order valence-electron chi connectivity index (χ1n) is 23.6. The molecule has 3 amide bonds. The predicted octanol–water partition coefficient (Wildman–Crippen LogP) is 6.28. The molecule has 1 aromatic heterocycles. The van der Waals surface area contributed by atoms with Gasteiger partial charge in [-0.25, -0.2) is 9.97 Å². The van der Waals surface area contributed by atoms with Gasteiger partial charge in [-0.05, 0) is 66.5 Å². The van der Waals surface area contributed by atoms with Gasteiger partial charge in [-0.1, -0.05) is 68.4 Å². The molecule has 4 aliphatic heterocycles. The molecule has 5 heterocycles. The molecule has 3 saturated heterocycles. The van der Waals surface area contributed by atoms with Gasteiger partial charge < -0.3 is 36.6 Å². The van der Waals surface area contributed by atoms with Crippen LogP contribution in [-0.4, -0.2) is 142 Å². The molecular weight excluding hydrogens is 1120 g/mol. The second kappa shape index (κ2) is 24.8. The quantitative estimate of drug-likeness (QED) is 0.0820. The number of halogens is 1. The molecule has 0 bridgehead atoms. The van der Waals surface area contributed by atoms with Crippen LogP contribution in [0, 0.1) is 37.2 Å². The molecule has 15 nitrogen and oxygen atoms in total. The second-order valence-electron chi connectivity index (χ2n) is 18.7. The summed E-state index contributed by atoms with van der Waals surface area (Å²) in [5, 5.41) is 13.9. The summed E-state index contributed by atoms with van der Waals surface area (Å²) in [4.78, 5) is 59.4. The fourth-order valence-electron chi connectivity index (χ4n) is 8.90. The third-order valence-electron chi connectivity index (χ3n) is 13.2. The number of nitrogens with two attached hydrogens (primary N) is 2. The molecule has 4 aromatic rings. The molecule has 0 spiro atoms. The Hall–Kier alpha value is -3.92. The van der Waals surface area contributed by atoms with E-state index in [9.17, 15) is 19.5 Å². The second-order valence-corrected chi connectivity index (χ2v) is 20.1. The van der Waals surface area contributed by atoms with Crippen LogP contribution in [0.25, 0.3) is 0 Å². The van der Waals surface area contributed by atoms with Crippen molar-refractivity contribution in [3.8, 4) is 5.75 Å². The summed E-state index contributed by atoms with van der Waals surface area (Å²) in [6.45, 7) is 22.2. The molecule has 0 saturated carbocycles. The molecule has 4 aliphatic rings. The summed E-state index contributed by atoms with van der Waals surface area (Å²) in [5.74, 6) is 1.52. The van der Waals surface area contributed by atoms with Crippen molar-refractivity contribution in [1.29, 1.82) is 0 Å². The molecule has 8 rings (SSSR count). The van der Waals surface area contributed by atoms with Gasteiger partial charge in [-0.15, -0.1) is 6.07 Å². The predicted molar refractivity (Wildman–Crippen MR) is 266 cm³/mol. The molecule has 68 heavy (non-hydrogen) atoms. The number of nitrogen functional groups attached to an aromatic ring is 1. The van der Waals surface area contributed by atoms with E-state index >= 15 is 0 Å². The van der Waals surface area contributed by atoms with E-state index in [2.05, 4.69) is 86.8 Å². The van der Waals surface area contributed by atoms with Gasteiger partial charge in [0.1, 0.15) is 10.8 Å². The monoisotopic (exact) mass is 1190 g/mol. The van der Waals surface area contributed by atoms with Crippen molar-refractivity contribution < 1.29 is 50.6 Å². The van der Waals surface area contributed by atoms with E-state index < -0.39 is 0 Å². The zero-order valence-electron chi connectivity index (χ0n) is 40.0. The number of piperidine rings is 1. The average molecular weight is 1190 g/mol. The first-order chi connectivity index (χ1) is 32.2. The minimum atomic E-state index is -0.126. The Kier molecular flexibility index (Phi) is 19.5. The molecule has 0 atom stereocenters. The van der Waals surface area contributed by atoms with Gasteiger partial charge in [-0.3, -0.25) is 29.1 Å². The molecule has 6 N–H and O–H groups in total. The minimum Gasteiger partial charge on any atom is -0.565 e. The molecule has 3 aromatic carbocycles. The van der Waals surface area contributed by atoms with Crippen LogP contribution in [0.4, 0.5) is 17.3 Å². The van der Waals surface area contributed by atoms with Crippen LogP contribution in [0.2, 0.25) is 5.02 Å². The summed E-state index contributed by atoms with van der Waals surface area (Å²) in [6.07, 6.45) is 5.71. The Balaban J connectivity index is 0.000000243. The third-order valence-corrected chi connectivity index (χ3v) is 14.8. The van der Waals surface area contributed by atoms with Crippen LogP contribution >= 0.6 is 23.4 Å². The number of aromatic nitrogens is 2. The number of hydrogen-bond acceptors (Lipinski definition) is 13. The van der Waals surface area contributed by atoms with Crippen LogP contribution in [0.1, 0.15) is 91.9 Å². The molecule has 0 unspecified atom stereocenters. The number of piperazine rings is 2. The Labute approximate surface area is 435 Å². The smallest absolute Gasteiger partial charge is 0.233 e. The Morgan fingerprint density at radius 1 is 0.941 bits per heavy atom. The van der Waals surface area contributed by atoms with Crippen LogP contribution in [0.15, 0.2) is 64.6 Å². The molecule has 0 radical (unpaired) electrons.